The lowest BCUT2D eigenvalue weighted by Crippen LogP contribution is -2.12. The fraction of sp³-hybridized carbons (Fsp3) is 0.188. The predicted octanol–water partition coefficient (Wildman–Crippen LogP) is 4.76. The number of amides is 1. The Kier molecular flexibility index (Phi) is 5.69. The fourth-order valence-electron chi connectivity index (χ4n) is 1.89. The van der Waals surface area contributed by atoms with Crippen molar-refractivity contribution in [1.29, 1.82) is 0 Å². The highest BCUT2D eigenvalue weighted by Crippen LogP contribution is 2.30. The maximum atomic E-state index is 12.3. The highest BCUT2D eigenvalue weighted by Gasteiger charge is 2.13. The highest BCUT2D eigenvalue weighted by atomic mass is 79.9. The van der Waals surface area contributed by atoms with Gasteiger partial charge in [0, 0.05) is 16.2 Å². The molecule has 0 unspecified atom stereocenters. The van der Waals surface area contributed by atoms with Crippen molar-refractivity contribution in [3.05, 3.63) is 51.5 Å². The van der Waals surface area contributed by atoms with Crippen LogP contribution in [0.25, 0.3) is 0 Å². The number of hydrogen-bond acceptors (Lipinski definition) is 3. The molecule has 0 fully saturated rings. The second kappa shape index (κ2) is 7.51. The van der Waals surface area contributed by atoms with Gasteiger partial charge in [0.05, 0.1) is 24.3 Å². The van der Waals surface area contributed by atoms with Crippen LogP contribution >= 0.6 is 27.5 Å². The van der Waals surface area contributed by atoms with Gasteiger partial charge in [-0.25, -0.2) is 0 Å². The molecular formula is C16H15BrClNO3. The zero-order valence-corrected chi connectivity index (χ0v) is 14.5. The second-order valence-corrected chi connectivity index (χ2v) is 5.70. The first-order chi connectivity index (χ1) is 10.5. The topological polar surface area (TPSA) is 47.6 Å². The van der Waals surface area contributed by atoms with Gasteiger partial charge in [0.2, 0.25) is 0 Å². The van der Waals surface area contributed by atoms with E-state index in [-0.39, 0.29) is 5.91 Å². The van der Waals surface area contributed by atoms with Crippen LogP contribution in [0.15, 0.2) is 40.9 Å². The van der Waals surface area contributed by atoms with E-state index in [4.69, 9.17) is 21.1 Å². The number of ether oxygens (including phenoxy) is 2. The number of rotatable bonds is 5. The minimum atomic E-state index is -0.294. The van der Waals surface area contributed by atoms with Gasteiger partial charge in [0.1, 0.15) is 0 Å². The number of nitrogens with one attached hydrogen (secondary N) is 1. The largest absolute Gasteiger partial charge is 0.493 e. The average Bonchev–Trinajstić information content (AvgIpc) is 2.51. The summed E-state index contributed by atoms with van der Waals surface area (Å²) in [4.78, 5) is 12.3. The molecule has 2 aromatic rings. The van der Waals surface area contributed by atoms with Crippen molar-refractivity contribution in [2.75, 3.05) is 19.0 Å². The van der Waals surface area contributed by atoms with Gasteiger partial charge in [-0.3, -0.25) is 4.79 Å². The van der Waals surface area contributed by atoms with Crippen LogP contribution in [0.1, 0.15) is 17.3 Å². The predicted molar refractivity (Wildman–Crippen MR) is 91.3 cm³/mol. The van der Waals surface area contributed by atoms with Gasteiger partial charge in [0.15, 0.2) is 11.5 Å². The van der Waals surface area contributed by atoms with E-state index >= 15 is 0 Å². The third-order valence-electron chi connectivity index (χ3n) is 2.89. The Morgan fingerprint density at radius 1 is 1.23 bits per heavy atom. The minimum Gasteiger partial charge on any atom is -0.493 e. The lowest BCUT2D eigenvalue weighted by atomic mass is 10.2. The molecule has 2 aromatic carbocycles. The molecule has 0 saturated heterocycles. The third kappa shape index (κ3) is 3.93. The van der Waals surface area contributed by atoms with Crippen molar-refractivity contribution in [1.82, 2.24) is 0 Å². The Balaban J connectivity index is 2.23. The molecule has 0 spiro atoms. The zero-order chi connectivity index (χ0) is 16.1. The number of anilines is 1. The number of halogens is 2. The first-order valence-corrected chi connectivity index (χ1v) is 7.79. The van der Waals surface area contributed by atoms with Crippen molar-refractivity contribution in [3.63, 3.8) is 0 Å². The molecule has 22 heavy (non-hydrogen) atoms. The maximum Gasteiger partial charge on any atom is 0.257 e. The van der Waals surface area contributed by atoms with Gasteiger partial charge in [-0.1, -0.05) is 27.5 Å². The normalized spacial score (nSPS) is 10.2. The molecule has 6 heteroatoms. The van der Waals surface area contributed by atoms with E-state index in [0.717, 1.165) is 4.47 Å². The van der Waals surface area contributed by atoms with Crippen molar-refractivity contribution in [2.45, 2.75) is 6.92 Å². The van der Waals surface area contributed by atoms with Crippen LogP contribution < -0.4 is 14.8 Å². The lowest BCUT2D eigenvalue weighted by molar-refractivity contribution is 0.102. The van der Waals surface area contributed by atoms with Gasteiger partial charge in [-0.15, -0.1) is 0 Å². The monoisotopic (exact) mass is 383 g/mol. The van der Waals surface area contributed by atoms with E-state index in [2.05, 4.69) is 21.2 Å². The summed E-state index contributed by atoms with van der Waals surface area (Å²) in [5.74, 6) is 0.890. The molecule has 1 N–H and O–H groups in total. The minimum absolute atomic E-state index is 0.294. The molecule has 0 aliphatic carbocycles. The molecule has 0 aromatic heterocycles. The summed E-state index contributed by atoms with van der Waals surface area (Å²) in [5, 5.41) is 3.18. The molecule has 0 aliphatic heterocycles. The van der Waals surface area contributed by atoms with Gasteiger partial charge < -0.3 is 14.8 Å². The summed E-state index contributed by atoms with van der Waals surface area (Å²) >= 11 is 9.38. The smallest absolute Gasteiger partial charge is 0.257 e. The number of benzene rings is 2. The van der Waals surface area contributed by atoms with E-state index in [1.165, 1.54) is 0 Å². The number of carbonyl (C=O) groups excluding carboxylic acids is 1. The summed E-state index contributed by atoms with van der Waals surface area (Å²) in [6.07, 6.45) is 0. The Hall–Kier alpha value is -1.72. The standard InChI is InChI=1S/C16H15BrClNO3/c1-3-22-14-7-5-11(9-15(14)21-2)19-16(20)12-8-10(17)4-6-13(12)18/h4-9H,3H2,1-2H3,(H,19,20). The van der Waals surface area contributed by atoms with Crippen LogP contribution in [0, 0.1) is 0 Å². The summed E-state index contributed by atoms with van der Waals surface area (Å²) in [6.45, 7) is 2.43. The first kappa shape index (κ1) is 16.6. The molecule has 1 amide bonds. The van der Waals surface area contributed by atoms with Crippen molar-refractivity contribution >= 4 is 39.1 Å². The lowest BCUT2D eigenvalue weighted by Gasteiger charge is -2.12. The summed E-state index contributed by atoms with van der Waals surface area (Å²) in [5.41, 5.74) is 0.991. The molecular weight excluding hydrogens is 370 g/mol. The SMILES string of the molecule is CCOc1ccc(NC(=O)c2cc(Br)ccc2Cl)cc1OC. The van der Waals surface area contributed by atoms with E-state index in [1.54, 1.807) is 43.5 Å². The summed E-state index contributed by atoms with van der Waals surface area (Å²) in [6, 6.07) is 10.3. The zero-order valence-electron chi connectivity index (χ0n) is 12.2. The molecule has 0 atom stereocenters. The second-order valence-electron chi connectivity index (χ2n) is 4.38. The molecule has 0 heterocycles. The third-order valence-corrected chi connectivity index (χ3v) is 3.72. The van der Waals surface area contributed by atoms with E-state index in [1.807, 2.05) is 6.92 Å². The maximum absolute atomic E-state index is 12.3. The fourth-order valence-corrected chi connectivity index (χ4v) is 2.45. The summed E-state index contributed by atoms with van der Waals surface area (Å²) < 4.78 is 11.5. The molecule has 2 rings (SSSR count). The van der Waals surface area contributed by atoms with E-state index < -0.39 is 0 Å². The average molecular weight is 385 g/mol. The van der Waals surface area contributed by atoms with Gasteiger partial charge >= 0.3 is 0 Å². The van der Waals surface area contributed by atoms with E-state index in [0.29, 0.717) is 34.4 Å². The number of carbonyl (C=O) groups is 1. The van der Waals surface area contributed by atoms with Crippen molar-refractivity contribution in [2.24, 2.45) is 0 Å². The Bertz CT molecular complexity index is 691. The molecule has 0 radical (unpaired) electrons. The molecule has 4 nitrogen and oxygen atoms in total. The molecule has 0 aliphatic rings. The van der Waals surface area contributed by atoms with Gasteiger partial charge in [-0.2, -0.15) is 0 Å². The van der Waals surface area contributed by atoms with Crippen LogP contribution in [0.5, 0.6) is 11.5 Å². The van der Waals surface area contributed by atoms with Crippen LogP contribution in [0.4, 0.5) is 5.69 Å². The van der Waals surface area contributed by atoms with Crippen molar-refractivity contribution < 1.29 is 14.3 Å². The van der Waals surface area contributed by atoms with Crippen molar-refractivity contribution in [3.8, 4) is 11.5 Å². The summed E-state index contributed by atoms with van der Waals surface area (Å²) in [7, 11) is 1.55. The van der Waals surface area contributed by atoms with Gasteiger partial charge in [-0.05, 0) is 37.3 Å². The number of methoxy groups -OCH3 is 1. The Morgan fingerprint density at radius 3 is 2.68 bits per heavy atom. The van der Waals surface area contributed by atoms with Gasteiger partial charge in [0.25, 0.3) is 5.91 Å². The molecule has 0 bridgehead atoms. The van der Waals surface area contributed by atoms with Crippen LogP contribution in [0.3, 0.4) is 0 Å². The molecule has 0 saturated carbocycles. The van der Waals surface area contributed by atoms with Crippen LogP contribution in [0.2, 0.25) is 5.02 Å². The van der Waals surface area contributed by atoms with Crippen LogP contribution in [-0.2, 0) is 0 Å². The quantitative estimate of drug-likeness (QED) is 0.808. The highest BCUT2D eigenvalue weighted by molar-refractivity contribution is 9.10. The first-order valence-electron chi connectivity index (χ1n) is 6.62. The van der Waals surface area contributed by atoms with Crippen LogP contribution in [-0.4, -0.2) is 19.6 Å². The Morgan fingerprint density at radius 2 is 2.00 bits per heavy atom. The number of hydrogen-bond donors (Lipinski definition) is 1. The Labute approximate surface area is 142 Å². The molecule has 116 valence electrons. The van der Waals surface area contributed by atoms with E-state index in [9.17, 15) is 4.79 Å².